The van der Waals surface area contributed by atoms with Crippen molar-refractivity contribution < 1.29 is 19.1 Å². The zero-order valence-corrected chi connectivity index (χ0v) is 28.1. The van der Waals surface area contributed by atoms with E-state index < -0.39 is 17.6 Å². The topological polar surface area (TPSA) is 165 Å². The third-order valence-corrected chi connectivity index (χ3v) is 8.79. The van der Waals surface area contributed by atoms with Gasteiger partial charge in [-0.1, -0.05) is 30.3 Å². The van der Waals surface area contributed by atoms with Gasteiger partial charge in [0.15, 0.2) is 0 Å². The molecule has 11 heteroatoms. The first kappa shape index (κ1) is 34.3. The molecule has 1 heterocycles. The maximum absolute atomic E-state index is 13.8. The Kier molecular flexibility index (Phi) is 10.9. The fraction of sp³-hybridized carbons (Fsp3) is 0.405. The zero-order valence-electron chi connectivity index (χ0n) is 28.1. The van der Waals surface area contributed by atoms with Crippen LogP contribution in [0.15, 0.2) is 66.7 Å². The van der Waals surface area contributed by atoms with E-state index in [1.165, 1.54) is 0 Å². The Hall–Kier alpha value is -5.06. The number of nitrogen functional groups attached to an aromatic ring is 1. The Balaban J connectivity index is 1.27. The molecule has 5 N–H and O–H groups in total. The predicted molar refractivity (Wildman–Crippen MR) is 186 cm³/mol. The van der Waals surface area contributed by atoms with Crippen LogP contribution in [0.3, 0.4) is 0 Å². The number of nitrogens with one attached hydrogen (secondary N) is 3. The number of hydrogen-bond donors (Lipinski definition) is 4. The molecule has 0 aliphatic heterocycles. The number of rotatable bonds is 11. The molecule has 48 heavy (non-hydrogen) atoms. The number of benzene rings is 3. The highest BCUT2D eigenvalue weighted by molar-refractivity contribution is 5.96. The van der Waals surface area contributed by atoms with Crippen molar-refractivity contribution in [3.05, 3.63) is 77.9 Å². The molecule has 1 aliphatic rings. The van der Waals surface area contributed by atoms with Crippen molar-refractivity contribution in [2.75, 3.05) is 17.6 Å². The number of nitrogens with zero attached hydrogens (tertiary/aromatic N) is 3. The number of hydrogen-bond acceptors (Lipinski definition) is 8. The van der Waals surface area contributed by atoms with Gasteiger partial charge in [-0.05, 0) is 130 Å². The van der Waals surface area contributed by atoms with Crippen LogP contribution in [0, 0.1) is 24.7 Å². The van der Waals surface area contributed by atoms with Crippen LogP contribution in [0.25, 0.3) is 22.5 Å². The Morgan fingerprint density at radius 3 is 2.42 bits per heavy atom. The molecular weight excluding hydrogens is 606 g/mol. The van der Waals surface area contributed by atoms with E-state index >= 15 is 0 Å². The molecule has 252 valence electrons. The van der Waals surface area contributed by atoms with Crippen molar-refractivity contribution in [1.82, 2.24) is 25.9 Å². The van der Waals surface area contributed by atoms with E-state index in [1.807, 2.05) is 76.2 Å². The number of carbonyl (C=O) groups excluding carboxylic acids is 3. The van der Waals surface area contributed by atoms with E-state index in [4.69, 9.17) is 10.5 Å². The summed E-state index contributed by atoms with van der Waals surface area (Å²) in [4.78, 5) is 39.7. The van der Waals surface area contributed by atoms with E-state index in [9.17, 15) is 14.4 Å². The maximum atomic E-state index is 13.8. The molecule has 0 radical (unpaired) electrons. The minimum atomic E-state index is -0.571. The number of anilines is 2. The summed E-state index contributed by atoms with van der Waals surface area (Å²) in [7, 11) is 0. The largest absolute Gasteiger partial charge is 0.444 e. The van der Waals surface area contributed by atoms with Gasteiger partial charge in [0, 0.05) is 41.7 Å². The van der Waals surface area contributed by atoms with Crippen LogP contribution in [0.4, 0.5) is 16.2 Å². The minimum absolute atomic E-state index is 0.101. The number of nitrogens with two attached hydrogens (primary N) is 1. The molecule has 2 amide bonds. The quantitative estimate of drug-likeness (QED) is 0.133. The number of aromatic amines is 1. The second kappa shape index (κ2) is 15.2. The van der Waals surface area contributed by atoms with E-state index in [0.717, 1.165) is 53.5 Å². The van der Waals surface area contributed by atoms with Crippen molar-refractivity contribution in [3.8, 4) is 22.5 Å². The van der Waals surface area contributed by atoms with Crippen molar-refractivity contribution in [2.45, 2.75) is 71.8 Å². The first-order valence-corrected chi connectivity index (χ1v) is 16.5. The van der Waals surface area contributed by atoms with Crippen LogP contribution in [-0.4, -0.2) is 50.6 Å². The summed E-state index contributed by atoms with van der Waals surface area (Å²) in [5, 5.41) is 19.9. The maximum Gasteiger partial charge on any atom is 0.407 e. The molecule has 5 rings (SSSR count). The molecule has 3 aromatic carbocycles. The van der Waals surface area contributed by atoms with Gasteiger partial charge in [-0.2, -0.15) is 5.21 Å². The lowest BCUT2D eigenvalue weighted by atomic mass is 9.77. The number of aryl methyl sites for hydroxylation is 1. The molecular formula is C37H45N7O4. The van der Waals surface area contributed by atoms with Crippen molar-refractivity contribution in [3.63, 3.8) is 0 Å². The second-order valence-corrected chi connectivity index (χ2v) is 13.7. The van der Waals surface area contributed by atoms with Crippen molar-refractivity contribution in [1.29, 1.82) is 0 Å². The highest BCUT2D eigenvalue weighted by Crippen LogP contribution is 2.32. The zero-order chi connectivity index (χ0) is 34.3. The van der Waals surface area contributed by atoms with Gasteiger partial charge in [0.1, 0.15) is 11.4 Å². The lowest BCUT2D eigenvalue weighted by molar-refractivity contribution is -0.129. The number of tetrazole rings is 1. The first-order valence-electron chi connectivity index (χ1n) is 16.5. The standard InChI is InChI=1S/C37H45N7O4/c1-23-8-15-30(38)21-32(23)28-7-5-6-25(18-28)19-29(35(46)40-31-16-13-27(14-17-31)34-41-43-44-42-34)20-33(45)26-11-9-24(10-12-26)22-39-36(47)48-37(2,3)4/h5-8,13-18,21,24,26,29H,9-12,19-20,22,38H2,1-4H3,(H,39,47)(H,40,46)(H,41,42,43,44)/t24?,26?,29-/m1/s1. The number of amides is 2. The highest BCUT2D eigenvalue weighted by Gasteiger charge is 2.31. The Labute approximate surface area is 281 Å². The minimum Gasteiger partial charge on any atom is -0.444 e. The van der Waals surface area contributed by atoms with Gasteiger partial charge in [0.2, 0.25) is 11.7 Å². The van der Waals surface area contributed by atoms with Crippen LogP contribution in [0.1, 0.15) is 64.0 Å². The van der Waals surface area contributed by atoms with Crippen LogP contribution >= 0.6 is 0 Å². The molecule has 1 atom stereocenters. The van der Waals surface area contributed by atoms with Gasteiger partial charge in [0.25, 0.3) is 0 Å². The number of ketones is 1. The average molecular weight is 652 g/mol. The second-order valence-electron chi connectivity index (χ2n) is 13.7. The molecule has 1 aromatic heterocycles. The fourth-order valence-corrected chi connectivity index (χ4v) is 6.23. The predicted octanol–water partition coefficient (Wildman–Crippen LogP) is 6.51. The summed E-state index contributed by atoms with van der Waals surface area (Å²) in [5.41, 5.74) is 11.7. The lowest BCUT2D eigenvalue weighted by Gasteiger charge is -2.29. The monoisotopic (exact) mass is 651 g/mol. The molecule has 1 fully saturated rings. The van der Waals surface area contributed by atoms with Gasteiger partial charge in [-0.3, -0.25) is 9.59 Å². The molecule has 0 bridgehead atoms. The van der Waals surface area contributed by atoms with Gasteiger partial charge in [-0.25, -0.2) is 4.79 Å². The normalized spacial score (nSPS) is 16.9. The summed E-state index contributed by atoms with van der Waals surface area (Å²) in [6.45, 7) is 8.07. The third kappa shape index (κ3) is 9.49. The molecule has 11 nitrogen and oxygen atoms in total. The number of carbonyl (C=O) groups is 3. The molecule has 1 saturated carbocycles. The van der Waals surface area contributed by atoms with Gasteiger partial charge >= 0.3 is 6.09 Å². The number of alkyl carbamates (subject to hydrolysis) is 1. The van der Waals surface area contributed by atoms with Crippen molar-refractivity contribution >= 4 is 29.2 Å². The van der Waals surface area contributed by atoms with E-state index in [0.29, 0.717) is 30.2 Å². The lowest BCUT2D eigenvalue weighted by Crippen LogP contribution is -2.37. The van der Waals surface area contributed by atoms with Gasteiger partial charge in [-0.15, -0.1) is 10.2 Å². The summed E-state index contributed by atoms with van der Waals surface area (Å²) < 4.78 is 5.35. The van der Waals surface area contributed by atoms with Crippen LogP contribution < -0.4 is 16.4 Å². The van der Waals surface area contributed by atoms with Crippen LogP contribution in [0.2, 0.25) is 0 Å². The van der Waals surface area contributed by atoms with E-state index in [2.05, 4.69) is 37.3 Å². The van der Waals surface area contributed by atoms with Crippen molar-refractivity contribution in [2.24, 2.45) is 17.8 Å². The Morgan fingerprint density at radius 2 is 1.73 bits per heavy atom. The summed E-state index contributed by atoms with van der Waals surface area (Å²) in [6, 6.07) is 21.1. The van der Waals surface area contributed by atoms with Gasteiger partial charge < -0.3 is 21.1 Å². The molecule has 0 saturated heterocycles. The smallest absolute Gasteiger partial charge is 0.407 e. The van der Waals surface area contributed by atoms with E-state index in [-0.39, 0.29) is 29.9 Å². The summed E-state index contributed by atoms with van der Waals surface area (Å²) in [5.74, 6) is -0.0524. The molecule has 0 unspecified atom stereocenters. The van der Waals surface area contributed by atoms with E-state index in [1.54, 1.807) is 12.1 Å². The van der Waals surface area contributed by atoms with Crippen LogP contribution in [-0.2, 0) is 20.7 Å². The summed E-state index contributed by atoms with van der Waals surface area (Å²) in [6.07, 6.45) is 3.25. The number of aromatic nitrogens is 4. The average Bonchev–Trinajstić information content (AvgIpc) is 3.60. The number of Topliss-reactive ketones (excluding diaryl/α,β-unsaturated/α-hetero) is 1. The van der Waals surface area contributed by atoms with Gasteiger partial charge in [0.05, 0.1) is 0 Å². The molecule has 4 aromatic rings. The first-order chi connectivity index (χ1) is 22.9. The summed E-state index contributed by atoms with van der Waals surface area (Å²) >= 11 is 0. The number of ether oxygens (including phenoxy) is 1. The molecule has 0 spiro atoms. The fourth-order valence-electron chi connectivity index (χ4n) is 6.23. The highest BCUT2D eigenvalue weighted by atomic mass is 16.6. The van der Waals surface area contributed by atoms with Crippen LogP contribution in [0.5, 0.6) is 0 Å². The molecule has 1 aliphatic carbocycles. The third-order valence-electron chi connectivity index (χ3n) is 8.79. The SMILES string of the molecule is Cc1ccc(N)cc1-c1cccc(C[C@H](CC(=O)C2CCC(CNC(=O)OC(C)(C)C)CC2)C(=O)Nc2ccc(-c3nn[nH]n3)cc2)c1. The number of H-pyrrole nitrogens is 1. The Morgan fingerprint density at radius 1 is 0.979 bits per heavy atom. The Bertz CT molecular complexity index is 1710.